The molecule has 2 rings (SSSR count). The van der Waals surface area contributed by atoms with E-state index >= 15 is 0 Å². The van der Waals surface area contributed by atoms with Crippen LogP contribution in [0.2, 0.25) is 0 Å². The van der Waals surface area contributed by atoms with E-state index in [-0.39, 0.29) is 15.8 Å². The highest BCUT2D eigenvalue weighted by molar-refractivity contribution is 9.10. The number of piperidine rings is 1. The smallest absolute Gasteiger partial charge is 0.293 e. The van der Waals surface area contributed by atoms with Gasteiger partial charge in [0.2, 0.25) is 0 Å². The zero-order valence-electron chi connectivity index (χ0n) is 11.2. The lowest BCUT2D eigenvalue weighted by atomic mass is 9.98. The number of anilines is 1. The molecule has 1 aromatic carbocycles. The normalized spacial score (nSPS) is 19.9. The number of nitrogens with zero attached hydrogens (tertiary/aromatic N) is 2. The Morgan fingerprint density at radius 3 is 3.00 bits per heavy atom. The monoisotopic (exact) mass is 345 g/mol. The van der Waals surface area contributed by atoms with Crippen molar-refractivity contribution >= 4 is 27.3 Å². The van der Waals surface area contributed by atoms with Gasteiger partial charge in [-0.05, 0) is 48.3 Å². The highest BCUT2D eigenvalue weighted by Gasteiger charge is 2.20. The van der Waals surface area contributed by atoms with Crippen LogP contribution in [-0.2, 0) is 0 Å². The van der Waals surface area contributed by atoms with Gasteiger partial charge in [0.15, 0.2) is 0 Å². The lowest BCUT2D eigenvalue weighted by Crippen LogP contribution is -2.35. The van der Waals surface area contributed by atoms with Gasteiger partial charge in [0.25, 0.3) is 5.69 Å². The summed E-state index contributed by atoms with van der Waals surface area (Å²) in [6, 6.07) is 2.37. The number of nitrogens with one attached hydrogen (secondary N) is 1. The van der Waals surface area contributed by atoms with Crippen LogP contribution < -0.4 is 5.32 Å². The molecule has 1 heterocycles. The van der Waals surface area contributed by atoms with Crippen LogP contribution in [0.15, 0.2) is 16.6 Å². The predicted molar refractivity (Wildman–Crippen MR) is 79.5 cm³/mol. The minimum absolute atomic E-state index is 0.104. The number of rotatable bonds is 4. The van der Waals surface area contributed by atoms with Crippen LogP contribution in [0.25, 0.3) is 0 Å². The van der Waals surface area contributed by atoms with Crippen molar-refractivity contribution in [3.8, 4) is 0 Å². The van der Waals surface area contributed by atoms with Crippen molar-refractivity contribution in [2.45, 2.75) is 12.8 Å². The fourth-order valence-electron chi connectivity index (χ4n) is 2.52. The van der Waals surface area contributed by atoms with Gasteiger partial charge in [-0.3, -0.25) is 10.1 Å². The summed E-state index contributed by atoms with van der Waals surface area (Å²) in [7, 11) is 2.06. The Kier molecular flexibility index (Phi) is 4.93. The Bertz CT molecular complexity index is 513. The standard InChI is InChI=1S/C13H17BrFN3O2/c1-17-4-2-3-9(8-17)7-16-12-6-11(15)10(14)5-13(12)18(19)20/h5-6,9,16H,2-4,7-8H2,1H3. The van der Waals surface area contributed by atoms with Crippen molar-refractivity contribution < 1.29 is 9.31 Å². The van der Waals surface area contributed by atoms with E-state index in [1.165, 1.54) is 12.1 Å². The average molecular weight is 346 g/mol. The molecule has 7 heteroatoms. The Balaban J connectivity index is 2.08. The fraction of sp³-hybridized carbons (Fsp3) is 0.538. The molecule has 1 N–H and O–H groups in total. The SMILES string of the molecule is CN1CCCC(CNc2cc(F)c(Br)cc2[N+](=O)[O-])C1. The topological polar surface area (TPSA) is 58.4 Å². The number of halogens is 2. The highest BCUT2D eigenvalue weighted by atomic mass is 79.9. The lowest BCUT2D eigenvalue weighted by molar-refractivity contribution is -0.384. The first-order valence-corrected chi connectivity index (χ1v) is 7.32. The van der Waals surface area contributed by atoms with E-state index in [0.29, 0.717) is 12.5 Å². The van der Waals surface area contributed by atoms with E-state index in [9.17, 15) is 14.5 Å². The Morgan fingerprint density at radius 1 is 1.60 bits per heavy atom. The largest absolute Gasteiger partial charge is 0.379 e. The number of benzene rings is 1. The molecule has 0 amide bonds. The molecule has 0 aromatic heterocycles. The van der Waals surface area contributed by atoms with Gasteiger partial charge in [0.05, 0.1) is 9.40 Å². The lowest BCUT2D eigenvalue weighted by Gasteiger charge is -2.29. The van der Waals surface area contributed by atoms with E-state index < -0.39 is 10.7 Å². The highest BCUT2D eigenvalue weighted by Crippen LogP contribution is 2.31. The molecule has 1 aromatic rings. The maximum absolute atomic E-state index is 13.5. The first-order chi connectivity index (χ1) is 9.47. The van der Waals surface area contributed by atoms with Crippen LogP contribution >= 0.6 is 15.9 Å². The van der Waals surface area contributed by atoms with Crippen molar-refractivity contribution in [1.29, 1.82) is 0 Å². The summed E-state index contributed by atoms with van der Waals surface area (Å²) in [4.78, 5) is 12.7. The van der Waals surface area contributed by atoms with Crippen LogP contribution in [0.5, 0.6) is 0 Å². The Morgan fingerprint density at radius 2 is 2.35 bits per heavy atom. The zero-order valence-corrected chi connectivity index (χ0v) is 12.8. The Labute approximate surface area is 125 Å². The summed E-state index contributed by atoms with van der Waals surface area (Å²) < 4.78 is 13.6. The fourth-order valence-corrected chi connectivity index (χ4v) is 2.85. The second-order valence-electron chi connectivity index (χ2n) is 5.19. The van der Waals surface area contributed by atoms with Crippen molar-refractivity contribution in [3.63, 3.8) is 0 Å². The van der Waals surface area contributed by atoms with Crippen LogP contribution in [0.3, 0.4) is 0 Å². The van der Waals surface area contributed by atoms with Crippen molar-refractivity contribution in [3.05, 3.63) is 32.5 Å². The molecule has 0 radical (unpaired) electrons. The van der Waals surface area contributed by atoms with E-state index in [2.05, 4.69) is 33.2 Å². The number of hydrogen-bond donors (Lipinski definition) is 1. The molecular weight excluding hydrogens is 329 g/mol. The summed E-state index contributed by atoms with van der Waals surface area (Å²) >= 11 is 2.97. The van der Waals surface area contributed by atoms with Gasteiger partial charge in [0.1, 0.15) is 11.5 Å². The molecule has 0 spiro atoms. The molecule has 0 saturated carbocycles. The minimum atomic E-state index is -0.501. The maximum atomic E-state index is 13.5. The van der Waals surface area contributed by atoms with Crippen molar-refractivity contribution in [2.24, 2.45) is 5.92 Å². The van der Waals surface area contributed by atoms with Gasteiger partial charge in [-0.1, -0.05) is 0 Å². The summed E-state index contributed by atoms with van der Waals surface area (Å²) in [5, 5.41) is 14.0. The number of nitro groups is 1. The molecule has 1 aliphatic rings. The van der Waals surface area contributed by atoms with Gasteiger partial charge in [-0.15, -0.1) is 0 Å². The Hall–Kier alpha value is -1.21. The molecule has 20 heavy (non-hydrogen) atoms. The number of nitro benzene ring substituents is 1. The van der Waals surface area contributed by atoms with E-state index in [1.807, 2.05) is 0 Å². The third kappa shape index (κ3) is 3.67. The third-order valence-electron chi connectivity index (χ3n) is 3.54. The van der Waals surface area contributed by atoms with Crippen molar-refractivity contribution in [2.75, 3.05) is 32.0 Å². The summed E-state index contributed by atoms with van der Waals surface area (Å²) in [5.74, 6) is -0.0704. The second-order valence-corrected chi connectivity index (χ2v) is 6.05. The third-order valence-corrected chi connectivity index (χ3v) is 4.15. The maximum Gasteiger partial charge on any atom is 0.293 e. The molecule has 110 valence electrons. The molecule has 1 unspecified atom stereocenters. The van der Waals surface area contributed by atoms with Crippen molar-refractivity contribution in [1.82, 2.24) is 4.90 Å². The molecule has 1 atom stereocenters. The molecule has 0 aliphatic carbocycles. The quantitative estimate of drug-likeness (QED) is 0.672. The van der Waals surface area contributed by atoms with Gasteiger partial charge in [0, 0.05) is 25.2 Å². The van der Waals surface area contributed by atoms with Gasteiger partial charge in [-0.2, -0.15) is 0 Å². The molecular formula is C13H17BrFN3O2. The van der Waals surface area contributed by atoms with Crippen LogP contribution in [0, 0.1) is 21.8 Å². The van der Waals surface area contributed by atoms with Crippen LogP contribution in [0.4, 0.5) is 15.8 Å². The molecule has 1 saturated heterocycles. The molecule has 0 bridgehead atoms. The van der Waals surface area contributed by atoms with Gasteiger partial charge < -0.3 is 10.2 Å². The number of likely N-dealkylation sites (tertiary alicyclic amines) is 1. The van der Waals surface area contributed by atoms with E-state index in [4.69, 9.17) is 0 Å². The van der Waals surface area contributed by atoms with Crippen LogP contribution in [-0.4, -0.2) is 36.5 Å². The molecule has 5 nitrogen and oxygen atoms in total. The zero-order chi connectivity index (χ0) is 14.7. The first-order valence-electron chi connectivity index (χ1n) is 6.53. The first kappa shape index (κ1) is 15.2. The van der Waals surface area contributed by atoms with E-state index in [1.54, 1.807) is 0 Å². The molecule has 1 fully saturated rings. The van der Waals surface area contributed by atoms with Gasteiger partial charge >= 0.3 is 0 Å². The summed E-state index contributed by atoms with van der Waals surface area (Å²) in [6.45, 7) is 2.66. The minimum Gasteiger partial charge on any atom is -0.379 e. The van der Waals surface area contributed by atoms with E-state index in [0.717, 1.165) is 25.9 Å². The summed E-state index contributed by atoms with van der Waals surface area (Å²) in [6.07, 6.45) is 2.21. The second kappa shape index (κ2) is 6.49. The molecule has 1 aliphatic heterocycles. The van der Waals surface area contributed by atoms with Gasteiger partial charge in [-0.25, -0.2) is 4.39 Å². The number of hydrogen-bond acceptors (Lipinski definition) is 4. The van der Waals surface area contributed by atoms with Crippen LogP contribution in [0.1, 0.15) is 12.8 Å². The average Bonchev–Trinajstić information content (AvgIpc) is 2.39. The summed E-state index contributed by atoms with van der Waals surface area (Å²) in [5.41, 5.74) is 0.131. The predicted octanol–water partition coefficient (Wildman–Crippen LogP) is 3.25.